The lowest BCUT2D eigenvalue weighted by Gasteiger charge is -2.29. The van der Waals surface area contributed by atoms with Gasteiger partial charge in [0.05, 0.1) is 0 Å². The van der Waals surface area contributed by atoms with Crippen LogP contribution < -0.4 is 0 Å². The molecule has 22 heavy (non-hydrogen) atoms. The Balaban J connectivity index is 2.40. The number of nitrogens with zero attached hydrogens (tertiary/aromatic N) is 2. The van der Waals surface area contributed by atoms with E-state index in [4.69, 9.17) is 11.6 Å². The van der Waals surface area contributed by atoms with Crippen LogP contribution in [0.15, 0.2) is 36.7 Å². The summed E-state index contributed by atoms with van der Waals surface area (Å²) >= 11 is 5.99. The lowest BCUT2D eigenvalue weighted by Crippen LogP contribution is -2.31. The molecule has 0 spiro atoms. The van der Waals surface area contributed by atoms with Gasteiger partial charge in [-0.1, -0.05) is 56.8 Å². The number of hydrogen-bond donors (Lipinski definition) is 1. The van der Waals surface area contributed by atoms with Gasteiger partial charge in [-0.05, 0) is 30.5 Å². The van der Waals surface area contributed by atoms with Crippen molar-refractivity contribution in [1.29, 1.82) is 0 Å². The molecule has 0 aliphatic heterocycles. The molecule has 120 valence electrons. The van der Waals surface area contributed by atoms with Crippen molar-refractivity contribution in [3.05, 3.63) is 53.1 Å². The predicted octanol–water partition coefficient (Wildman–Crippen LogP) is 4.76. The van der Waals surface area contributed by atoms with E-state index in [0.717, 1.165) is 43.6 Å². The minimum atomic E-state index is -1.06. The lowest BCUT2D eigenvalue weighted by atomic mass is 9.87. The van der Waals surface area contributed by atoms with Gasteiger partial charge in [-0.15, -0.1) is 0 Å². The van der Waals surface area contributed by atoms with Crippen LogP contribution >= 0.6 is 11.6 Å². The summed E-state index contributed by atoms with van der Waals surface area (Å²) in [5, 5.41) is 12.1. The van der Waals surface area contributed by atoms with Gasteiger partial charge in [0.15, 0.2) is 0 Å². The van der Waals surface area contributed by atoms with Crippen molar-refractivity contribution in [3.63, 3.8) is 0 Å². The fourth-order valence-electron chi connectivity index (χ4n) is 2.73. The van der Waals surface area contributed by atoms with Crippen molar-refractivity contribution in [2.24, 2.45) is 0 Å². The molecule has 1 aromatic heterocycles. The third kappa shape index (κ3) is 3.71. The second kappa shape index (κ2) is 7.80. The van der Waals surface area contributed by atoms with E-state index in [0.29, 0.717) is 11.4 Å². The number of imidazole rings is 1. The Morgan fingerprint density at radius 3 is 2.45 bits per heavy atom. The van der Waals surface area contributed by atoms with E-state index >= 15 is 0 Å². The molecule has 0 fully saturated rings. The molecular weight excluding hydrogens is 296 g/mol. The zero-order valence-corrected chi connectivity index (χ0v) is 14.2. The van der Waals surface area contributed by atoms with Gasteiger partial charge in [0.2, 0.25) is 0 Å². The van der Waals surface area contributed by atoms with Crippen molar-refractivity contribution < 1.29 is 5.11 Å². The standard InChI is InChI=1S/C18H25ClN2O/c1-3-5-11-18(22,15-7-9-16(19)10-8-15)17-20-12-14-21(17)13-6-4-2/h7-10,12,14,22H,3-6,11,13H2,1-2H3. The Morgan fingerprint density at radius 2 is 1.82 bits per heavy atom. The van der Waals surface area contributed by atoms with Crippen molar-refractivity contribution in [1.82, 2.24) is 9.55 Å². The van der Waals surface area contributed by atoms with Crippen LogP contribution in [0.25, 0.3) is 0 Å². The Kier molecular flexibility index (Phi) is 6.04. The average Bonchev–Trinajstić information content (AvgIpc) is 3.00. The first kappa shape index (κ1) is 17.0. The Hall–Kier alpha value is -1.32. The summed E-state index contributed by atoms with van der Waals surface area (Å²) in [7, 11) is 0. The molecule has 2 rings (SSSR count). The number of benzene rings is 1. The Labute approximate surface area is 138 Å². The van der Waals surface area contributed by atoms with Gasteiger partial charge in [-0.2, -0.15) is 0 Å². The molecule has 1 atom stereocenters. The summed E-state index contributed by atoms with van der Waals surface area (Å²) in [6.45, 7) is 5.18. The largest absolute Gasteiger partial charge is 0.377 e. The average molecular weight is 321 g/mol. The third-order valence-corrected chi connectivity index (χ3v) is 4.30. The normalized spacial score (nSPS) is 14.0. The first-order valence-electron chi connectivity index (χ1n) is 8.11. The summed E-state index contributed by atoms with van der Waals surface area (Å²) < 4.78 is 2.08. The van der Waals surface area contributed by atoms with E-state index in [2.05, 4.69) is 23.4 Å². The summed E-state index contributed by atoms with van der Waals surface area (Å²) in [4.78, 5) is 4.47. The third-order valence-electron chi connectivity index (χ3n) is 4.05. The number of hydrogen-bond acceptors (Lipinski definition) is 2. The van der Waals surface area contributed by atoms with Gasteiger partial charge in [0.25, 0.3) is 0 Å². The van der Waals surface area contributed by atoms with Gasteiger partial charge in [0.1, 0.15) is 11.4 Å². The fraction of sp³-hybridized carbons (Fsp3) is 0.500. The van der Waals surface area contributed by atoms with Crippen LogP contribution in [-0.4, -0.2) is 14.7 Å². The van der Waals surface area contributed by atoms with Crippen molar-refractivity contribution in [3.8, 4) is 0 Å². The van der Waals surface area contributed by atoms with E-state index in [-0.39, 0.29) is 0 Å². The van der Waals surface area contributed by atoms with Crippen molar-refractivity contribution in [2.45, 2.75) is 58.1 Å². The maximum atomic E-state index is 11.4. The zero-order chi connectivity index (χ0) is 16.0. The summed E-state index contributed by atoms with van der Waals surface area (Å²) in [5.74, 6) is 0.733. The van der Waals surface area contributed by atoms with E-state index in [1.54, 1.807) is 6.20 Å². The van der Waals surface area contributed by atoms with Crippen LogP contribution in [0, 0.1) is 0 Å². The van der Waals surface area contributed by atoms with Crippen LogP contribution in [0.1, 0.15) is 57.3 Å². The van der Waals surface area contributed by atoms with E-state index in [9.17, 15) is 5.11 Å². The number of aryl methyl sites for hydroxylation is 1. The summed E-state index contributed by atoms with van der Waals surface area (Å²) in [5.41, 5.74) is -0.202. The van der Waals surface area contributed by atoms with Crippen LogP contribution in [-0.2, 0) is 12.1 Å². The first-order chi connectivity index (χ1) is 10.6. The van der Waals surface area contributed by atoms with Crippen molar-refractivity contribution in [2.75, 3.05) is 0 Å². The van der Waals surface area contributed by atoms with Crippen molar-refractivity contribution >= 4 is 11.6 Å². The lowest BCUT2D eigenvalue weighted by molar-refractivity contribution is 0.0552. The van der Waals surface area contributed by atoms with Gasteiger partial charge >= 0.3 is 0 Å². The topological polar surface area (TPSA) is 38.0 Å². The highest BCUT2D eigenvalue weighted by Gasteiger charge is 2.35. The molecule has 0 aliphatic carbocycles. The summed E-state index contributed by atoms with van der Waals surface area (Å²) in [6.07, 6.45) is 8.56. The van der Waals surface area contributed by atoms with Crippen LogP contribution in [0.3, 0.4) is 0 Å². The fourth-order valence-corrected chi connectivity index (χ4v) is 2.85. The highest BCUT2D eigenvalue weighted by atomic mass is 35.5. The van der Waals surface area contributed by atoms with Crippen LogP contribution in [0.4, 0.5) is 0 Å². The molecule has 1 aromatic carbocycles. The molecule has 1 unspecified atom stereocenters. The smallest absolute Gasteiger partial charge is 0.147 e. The monoisotopic (exact) mass is 320 g/mol. The predicted molar refractivity (Wildman–Crippen MR) is 91.1 cm³/mol. The minimum Gasteiger partial charge on any atom is -0.377 e. The Bertz CT molecular complexity index is 579. The molecule has 4 heteroatoms. The van der Waals surface area contributed by atoms with Gasteiger partial charge in [-0.3, -0.25) is 0 Å². The molecule has 0 radical (unpaired) electrons. The number of unbranched alkanes of at least 4 members (excludes halogenated alkanes) is 2. The SMILES string of the molecule is CCCCn1ccnc1C(O)(CCCC)c1ccc(Cl)cc1. The number of halogens is 1. The molecular formula is C18H25ClN2O. The highest BCUT2D eigenvalue weighted by Crippen LogP contribution is 2.34. The first-order valence-corrected chi connectivity index (χ1v) is 8.49. The molecule has 1 heterocycles. The number of rotatable bonds is 8. The molecule has 0 saturated carbocycles. The maximum absolute atomic E-state index is 11.4. The summed E-state index contributed by atoms with van der Waals surface area (Å²) in [6, 6.07) is 7.45. The Morgan fingerprint density at radius 1 is 1.14 bits per heavy atom. The highest BCUT2D eigenvalue weighted by molar-refractivity contribution is 6.30. The van der Waals surface area contributed by atoms with E-state index in [1.807, 2.05) is 30.5 Å². The van der Waals surface area contributed by atoms with E-state index in [1.165, 1.54) is 0 Å². The molecule has 1 N–H and O–H groups in total. The number of aromatic nitrogens is 2. The van der Waals surface area contributed by atoms with Gasteiger partial charge in [-0.25, -0.2) is 4.98 Å². The van der Waals surface area contributed by atoms with Gasteiger partial charge < -0.3 is 9.67 Å². The van der Waals surface area contributed by atoms with Crippen LogP contribution in [0.2, 0.25) is 5.02 Å². The quantitative estimate of drug-likeness (QED) is 0.761. The molecule has 3 nitrogen and oxygen atoms in total. The van der Waals surface area contributed by atoms with Crippen LogP contribution in [0.5, 0.6) is 0 Å². The minimum absolute atomic E-state index is 0.661. The molecule has 0 aliphatic rings. The molecule has 0 saturated heterocycles. The molecule has 2 aromatic rings. The molecule has 0 bridgehead atoms. The van der Waals surface area contributed by atoms with E-state index < -0.39 is 5.60 Å². The zero-order valence-electron chi connectivity index (χ0n) is 13.4. The maximum Gasteiger partial charge on any atom is 0.147 e. The number of aliphatic hydroxyl groups is 1. The van der Waals surface area contributed by atoms with Gasteiger partial charge in [0, 0.05) is 24.0 Å². The second-order valence-electron chi connectivity index (χ2n) is 5.77. The second-order valence-corrected chi connectivity index (χ2v) is 6.20. The molecule has 0 amide bonds.